The number of nitrogens with one attached hydrogen (secondary N) is 1. The summed E-state index contributed by atoms with van der Waals surface area (Å²) in [5.41, 5.74) is 2.01. The molecule has 0 saturated carbocycles. The quantitative estimate of drug-likeness (QED) is 0.656. The molecular formula is C12H25NSi. The Morgan fingerprint density at radius 1 is 1.07 bits per heavy atom. The highest BCUT2D eigenvalue weighted by atomic mass is 28.3. The molecule has 0 spiro atoms. The monoisotopic (exact) mass is 211 g/mol. The number of hydrogen-bond acceptors (Lipinski definition) is 1. The normalized spacial score (nSPS) is 45.0. The van der Waals surface area contributed by atoms with Crippen molar-refractivity contribution in [2.45, 2.75) is 69.2 Å². The first-order chi connectivity index (χ1) is 6.73. The molecule has 2 heterocycles. The molecule has 0 aromatic heterocycles. The summed E-state index contributed by atoms with van der Waals surface area (Å²) in [4.78, 5) is 0. The van der Waals surface area contributed by atoms with Gasteiger partial charge >= 0.3 is 0 Å². The van der Waals surface area contributed by atoms with Crippen molar-refractivity contribution in [3.63, 3.8) is 0 Å². The Bertz CT molecular complexity index is 189. The van der Waals surface area contributed by atoms with Crippen LogP contribution < -0.4 is 5.32 Å². The minimum Gasteiger partial charge on any atom is -0.316 e. The van der Waals surface area contributed by atoms with Crippen molar-refractivity contribution in [2.24, 2.45) is 0 Å². The molecule has 1 nitrogen and oxygen atoms in total. The van der Waals surface area contributed by atoms with E-state index < -0.39 is 8.07 Å². The van der Waals surface area contributed by atoms with Gasteiger partial charge in [-0.1, -0.05) is 45.2 Å². The van der Waals surface area contributed by atoms with Gasteiger partial charge in [-0.05, 0) is 24.9 Å². The average molecular weight is 211 g/mol. The van der Waals surface area contributed by atoms with Gasteiger partial charge in [0.25, 0.3) is 0 Å². The van der Waals surface area contributed by atoms with E-state index in [0.29, 0.717) is 0 Å². The van der Waals surface area contributed by atoms with Gasteiger partial charge < -0.3 is 5.32 Å². The van der Waals surface area contributed by atoms with E-state index in [4.69, 9.17) is 0 Å². The smallest absolute Gasteiger partial charge is 0.0723 e. The van der Waals surface area contributed by atoms with Crippen molar-refractivity contribution < 1.29 is 0 Å². The van der Waals surface area contributed by atoms with E-state index in [-0.39, 0.29) is 0 Å². The zero-order valence-electron chi connectivity index (χ0n) is 9.81. The zero-order valence-corrected chi connectivity index (χ0v) is 10.8. The summed E-state index contributed by atoms with van der Waals surface area (Å²) in [7, 11) is -0.950. The van der Waals surface area contributed by atoms with Crippen molar-refractivity contribution in [3.05, 3.63) is 0 Å². The minimum atomic E-state index is -0.950. The Morgan fingerprint density at radius 3 is 2.50 bits per heavy atom. The molecule has 0 bridgehead atoms. The lowest BCUT2D eigenvalue weighted by Gasteiger charge is -2.45. The van der Waals surface area contributed by atoms with Gasteiger partial charge in [0.15, 0.2) is 0 Å². The van der Waals surface area contributed by atoms with Crippen LogP contribution in [0.3, 0.4) is 0 Å². The summed E-state index contributed by atoms with van der Waals surface area (Å²) in [6, 6.07) is 1.59. The Hall–Kier alpha value is 0.177. The molecule has 3 unspecified atom stereocenters. The fourth-order valence-electron chi connectivity index (χ4n) is 3.46. The molecule has 0 amide bonds. The summed E-state index contributed by atoms with van der Waals surface area (Å²) in [5.74, 6) is 0. The van der Waals surface area contributed by atoms with Crippen LogP contribution in [0.2, 0.25) is 18.1 Å². The van der Waals surface area contributed by atoms with E-state index in [9.17, 15) is 0 Å². The molecule has 2 heteroatoms. The summed E-state index contributed by atoms with van der Waals surface area (Å²) in [5, 5.41) is 3.82. The maximum Gasteiger partial charge on any atom is 0.0723 e. The van der Waals surface area contributed by atoms with Crippen LogP contribution in [0.5, 0.6) is 0 Å². The molecule has 0 aromatic carbocycles. The van der Waals surface area contributed by atoms with E-state index in [1.807, 2.05) is 0 Å². The maximum atomic E-state index is 3.82. The fraction of sp³-hybridized carbons (Fsp3) is 1.00. The van der Waals surface area contributed by atoms with E-state index in [1.54, 1.807) is 6.04 Å². The van der Waals surface area contributed by atoms with Crippen molar-refractivity contribution in [1.29, 1.82) is 0 Å². The SMILES string of the molecule is CC1CCCC[Si]1(C)C1CCCCN1. The van der Waals surface area contributed by atoms with Crippen LogP contribution in [0.25, 0.3) is 0 Å². The molecule has 14 heavy (non-hydrogen) atoms. The standard InChI is InChI=1S/C12H25NSi/c1-11-7-4-6-10-14(11,2)12-8-3-5-9-13-12/h11-13H,3-10H2,1-2H3. The predicted molar refractivity (Wildman–Crippen MR) is 65.3 cm³/mol. The molecule has 3 atom stereocenters. The first kappa shape index (κ1) is 10.7. The molecule has 2 rings (SSSR count). The average Bonchev–Trinajstić information content (AvgIpc) is 2.24. The van der Waals surface area contributed by atoms with Crippen LogP contribution in [0.4, 0.5) is 0 Å². The van der Waals surface area contributed by atoms with Gasteiger partial charge in [-0.25, -0.2) is 0 Å². The lowest BCUT2D eigenvalue weighted by atomic mass is 10.2. The molecule has 2 fully saturated rings. The Kier molecular flexibility index (Phi) is 3.33. The van der Waals surface area contributed by atoms with Crippen LogP contribution in [-0.2, 0) is 0 Å². The molecule has 2 saturated heterocycles. The Labute approximate surface area is 89.7 Å². The van der Waals surface area contributed by atoms with Crippen LogP contribution in [-0.4, -0.2) is 20.3 Å². The Morgan fingerprint density at radius 2 is 1.86 bits per heavy atom. The van der Waals surface area contributed by atoms with Crippen LogP contribution in [0, 0.1) is 0 Å². The van der Waals surface area contributed by atoms with Crippen LogP contribution in [0.1, 0.15) is 45.4 Å². The third kappa shape index (κ3) is 1.92. The van der Waals surface area contributed by atoms with Crippen LogP contribution >= 0.6 is 0 Å². The summed E-state index contributed by atoms with van der Waals surface area (Å²) < 4.78 is 0. The summed E-state index contributed by atoms with van der Waals surface area (Å²) in [6.07, 6.45) is 8.90. The zero-order chi connectivity index (χ0) is 10.0. The molecule has 0 aromatic rings. The van der Waals surface area contributed by atoms with Gasteiger partial charge in [-0.2, -0.15) is 0 Å². The number of hydrogen-bond donors (Lipinski definition) is 1. The highest BCUT2D eigenvalue weighted by molar-refractivity contribution is 6.81. The second-order valence-corrected chi connectivity index (χ2v) is 10.8. The minimum absolute atomic E-state index is 0.950. The van der Waals surface area contributed by atoms with E-state index in [0.717, 1.165) is 11.2 Å². The number of piperidine rings is 1. The molecular weight excluding hydrogens is 186 g/mol. The van der Waals surface area contributed by atoms with Crippen molar-refractivity contribution >= 4 is 8.07 Å². The van der Waals surface area contributed by atoms with Gasteiger partial charge in [0.1, 0.15) is 0 Å². The van der Waals surface area contributed by atoms with E-state index >= 15 is 0 Å². The summed E-state index contributed by atoms with van der Waals surface area (Å²) in [6.45, 7) is 6.49. The highest BCUT2D eigenvalue weighted by Crippen LogP contribution is 2.40. The largest absolute Gasteiger partial charge is 0.316 e. The van der Waals surface area contributed by atoms with E-state index in [1.165, 1.54) is 45.1 Å². The topological polar surface area (TPSA) is 12.0 Å². The van der Waals surface area contributed by atoms with E-state index in [2.05, 4.69) is 18.8 Å². The second kappa shape index (κ2) is 4.36. The molecule has 0 radical (unpaired) electrons. The fourth-order valence-corrected chi connectivity index (χ4v) is 8.34. The lowest BCUT2D eigenvalue weighted by molar-refractivity contribution is 0.455. The Balaban J connectivity index is 2.03. The first-order valence-corrected chi connectivity index (χ1v) is 9.33. The maximum absolute atomic E-state index is 3.82. The number of rotatable bonds is 1. The third-order valence-corrected chi connectivity index (χ3v) is 10.9. The van der Waals surface area contributed by atoms with Gasteiger partial charge in [-0.15, -0.1) is 0 Å². The molecule has 2 aliphatic rings. The van der Waals surface area contributed by atoms with Gasteiger partial charge in [-0.3, -0.25) is 0 Å². The van der Waals surface area contributed by atoms with Gasteiger partial charge in [0, 0.05) is 5.67 Å². The third-order valence-electron chi connectivity index (χ3n) is 4.83. The molecule has 1 N–H and O–H groups in total. The highest BCUT2D eigenvalue weighted by Gasteiger charge is 2.42. The van der Waals surface area contributed by atoms with Crippen LogP contribution in [0.15, 0.2) is 0 Å². The summed E-state index contributed by atoms with van der Waals surface area (Å²) >= 11 is 0. The molecule has 0 aliphatic carbocycles. The van der Waals surface area contributed by atoms with Crippen molar-refractivity contribution in [3.8, 4) is 0 Å². The molecule has 82 valence electrons. The van der Waals surface area contributed by atoms with Gasteiger partial charge in [0.2, 0.25) is 0 Å². The molecule has 2 aliphatic heterocycles. The lowest BCUT2D eigenvalue weighted by Crippen LogP contribution is -2.57. The predicted octanol–water partition coefficient (Wildman–Crippen LogP) is 3.32. The van der Waals surface area contributed by atoms with Crippen molar-refractivity contribution in [1.82, 2.24) is 5.32 Å². The first-order valence-electron chi connectivity index (χ1n) is 6.47. The van der Waals surface area contributed by atoms with Crippen molar-refractivity contribution in [2.75, 3.05) is 6.54 Å². The second-order valence-electron chi connectivity index (χ2n) is 5.66. The van der Waals surface area contributed by atoms with Gasteiger partial charge in [0.05, 0.1) is 8.07 Å².